The van der Waals surface area contributed by atoms with Crippen molar-refractivity contribution in [2.24, 2.45) is 0 Å². The van der Waals surface area contributed by atoms with Crippen LogP contribution in [0.2, 0.25) is 0 Å². The molecule has 1 rings (SSSR count). The molecule has 0 unspecified atom stereocenters. The summed E-state index contributed by atoms with van der Waals surface area (Å²) in [4.78, 5) is 111. The van der Waals surface area contributed by atoms with Crippen molar-refractivity contribution >= 4 is 53.4 Å². The van der Waals surface area contributed by atoms with Gasteiger partial charge in [0.1, 0.15) is 18.1 Å². The Hall–Kier alpha value is -5.67. The molecule has 6 amide bonds. The van der Waals surface area contributed by atoms with E-state index in [9.17, 15) is 58.8 Å². The maximum Gasteiger partial charge on any atom is 0.328 e. The highest BCUT2D eigenvalue weighted by atomic mass is 16.5. The van der Waals surface area contributed by atoms with E-state index in [1.165, 1.54) is 20.8 Å². The highest BCUT2D eigenvalue weighted by Crippen LogP contribution is 2.11. The maximum atomic E-state index is 12.8. The van der Waals surface area contributed by atoms with Crippen molar-refractivity contribution in [3.8, 4) is 0 Å². The van der Waals surface area contributed by atoms with Gasteiger partial charge in [-0.25, -0.2) is 29.6 Å². The summed E-state index contributed by atoms with van der Waals surface area (Å²) >= 11 is 0. The first-order valence-electron chi connectivity index (χ1n) is 19.5. The lowest BCUT2D eigenvalue weighted by atomic mass is 10.1. The molecule has 0 aliphatic carbocycles. The van der Waals surface area contributed by atoms with Crippen molar-refractivity contribution in [1.29, 1.82) is 0 Å². The van der Waals surface area contributed by atoms with Crippen LogP contribution in [0.1, 0.15) is 99.3 Å². The van der Waals surface area contributed by atoms with Gasteiger partial charge in [0.25, 0.3) is 17.7 Å². The smallest absolute Gasteiger partial charge is 0.328 e. The molecule has 3 atom stereocenters. The van der Waals surface area contributed by atoms with Crippen molar-refractivity contribution < 1.29 is 73.0 Å². The molecule has 60 heavy (non-hydrogen) atoms. The van der Waals surface area contributed by atoms with Crippen LogP contribution in [-0.2, 0) is 57.4 Å². The van der Waals surface area contributed by atoms with E-state index in [0.717, 1.165) is 18.2 Å². The van der Waals surface area contributed by atoms with Crippen molar-refractivity contribution in [3.05, 3.63) is 34.9 Å². The first kappa shape index (κ1) is 52.3. The van der Waals surface area contributed by atoms with E-state index in [0.29, 0.717) is 31.9 Å². The molecule has 0 saturated heterocycles. The molecular formula is C39H60N6O15. The van der Waals surface area contributed by atoms with Crippen LogP contribution in [0.4, 0.5) is 0 Å². The zero-order valence-corrected chi connectivity index (χ0v) is 35.2. The highest BCUT2D eigenvalue weighted by molar-refractivity contribution is 5.89. The third-order valence-electron chi connectivity index (χ3n) is 8.67. The molecule has 6 N–H and O–H groups in total. The molecule has 21 nitrogen and oxygen atoms in total. The van der Waals surface area contributed by atoms with Gasteiger partial charge in [0.15, 0.2) is 0 Å². The van der Waals surface area contributed by atoms with Crippen molar-refractivity contribution in [2.75, 3.05) is 39.5 Å². The number of carbonyl (C=O) groups excluding carboxylic acids is 9. The molecule has 0 fully saturated rings. The Morgan fingerprint density at radius 1 is 0.500 bits per heavy atom. The van der Waals surface area contributed by atoms with Gasteiger partial charge in [-0.15, -0.1) is 0 Å². The van der Waals surface area contributed by atoms with Gasteiger partial charge in [-0.1, -0.05) is 16.7 Å². The van der Waals surface area contributed by atoms with Gasteiger partial charge >= 0.3 is 17.9 Å². The summed E-state index contributed by atoms with van der Waals surface area (Å²) in [6.45, 7) is 7.11. The first-order chi connectivity index (χ1) is 28.2. The number of nitrogens with one attached hydrogen (secondary N) is 3. The molecule has 1 heterocycles. The Morgan fingerprint density at radius 3 is 0.950 bits per heavy atom. The number of carbonyl (C=O) groups is 9. The fraction of sp³-hybridized carbons (Fsp3) is 0.615. The van der Waals surface area contributed by atoms with Crippen LogP contribution < -0.4 is 16.0 Å². The van der Waals surface area contributed by atoms with E-state index in [-0.39, 0.29) is 97.2 Å². The third kappa shape index (κ3) is 22.5. The number of nitrogens with zero attached hydrogens (tertiary/aromatic N) is 3. The SMILES string of the molecule is CC(=O)N[C@H]1CCCN(O)C(=O)/C=C(/C)CCOC(=O)[C@H](NC(C)=O)CCCN(O)C(=O)/C=C(/C)CCOC(=O)[C@@H](NC(C)=O)CCCN(O)C(=O)/C=C(/C)CCOC1=O. The summed E-state index contributed by atoms with van der Waals surface area (Å²) in [6.07, 6.45) is 3.86. The maximum absolute atomic E-state index is 12.8. The minimum atomic E-state index is -1.11. The quantitative estimate of drug-likeness (QED) is 0.132. The minimum Gasteiger partial charge on any atom is -0.464 e. The van der Waals surface area contributed by atoms with Gasteiger partial charge in [0.05, 0.1) is 19.8 Å². The average Bonchev–Trinajstić information content (AvgIpc) is 3.15. The van der Waals surface area contributed by atoms with Crippen molar-refractivity contribution in [1.82, 2.24) is 31.1 Å². The van der Waals surface area contributed by atoms with Gasteiger partial charge < -0.3 is 30.2 Å². The first-order valence-corrected chi connectivity index (χ1v) is 19.5. The molecule has 0 aromatic rings. The zero-order chi connectivity index (χ0) is 45.4. The number of ether oxygens (including phenoxy) is 3. The summed E-state index contributed by atoms with van der Waals surface area (Å²) in [6, 6.07) is -3.33. The van der Waals surface area contributed by atoms with E-state index in [4.69, 9.17) is 14.2 Å². The second-order valence-corrected chi connectivity index (χ2v) is 14.3. The Bertz CT molecular complexity index is 1440. The van der Waals surface area contributed by atoms with E-state index < -0.39 is 71.5 Å². The predicted molar refractivity (Wildman–Crippen MR) is 209 cm³/mol. The third-order valence-corrected chi connectivity index (χ3v) is 8.67. The Kier molecular flexibility index (Phi) is 24.4. The predicted octanol–water partition coefficient (Wildman–Crippen LogP) is 1.15. The Labute approximate surface area is 349 Å². The lowest BCUT2D eigenvalue weighted by Gasteiger charge is -2.19. The number of rotatable bonds is 3. The summed E-state index contributed by atoms with van der Waals surface area (Å²) in [7, 11) is 0. The molecule has 1 aliphatic rings. The van der Waals surface area contributed by atoms with Crippen LogP contribution in [-0.4, -0.2) is 142 Å². The van der Waals surface area contributed by atoms with Crippen molar-refractivity contribution in [2.45, 2.75) is 117 Å². The molecule has 0 bridgehead atoms. The molecule has 0 aromatic carbocycles. The van der Waals surface area contributed by atoms with Gasteiger partial charge in [0.2, 0.25) is 17.7 Å². The lowest BCUT2D eigenvalue weighted by molar-refractivity contribution is -0.160. The van der Waals surface area contributed by atoms with Crippen LogP contribution in [0, 0.1) is 0 Å². The van der Waals surface area contributed by atoms with E-state index in [1.807, 2.05) is 0 Å². The topological polar surface area (TPSA) is 288 Å². The van der Waals surface area contributed by atoms with Gasteiger partial charge in [-0.2, -0.15) is 0 Å². The largest absolute Gasteiger partial charge is 0.464 e. The monoisotopic (exact) mass is 852 g/mol. The van der Waals surface area contributed by atoms with Crippen LogP contribution in [0.25, 0.3) is 0 Å². The molecule has 0 saturated carbocycles. The number of hydroxylamine groups is 6. The van der Waals surface area contributed by atoms with E-state index >= 15 is 0 Å². The molecule has 0 spiro atoms. The van der Waals surface area contributed by atoms with Crippen LogP contribution in [0.15, 0.2) is 34.9 Å². The Morgan fingerprint density at radius 2 is 0.733 bits per heavy atom. The molecular weight excluding hydrogens is 792 g/mol. The van der Waals surface area contributed by atoms with Gasteiger partial charge in [-0.3, -0.25) is 44.4 Å². The van der Waals surface area contributed by atoms with Crippen molar-refractivity contribution in [3.63, 3.8) is 0 Å². The standard InChI is InChI=1S/C39H60N6O15/c1-25-13-19-58-37(52)31(40-28(4)46)11-8-17-44(56)35(50)23-27(3)15-21-60-39(54)33(42-30(6)48)12-9-18-45(57)36(51)24-26(2)14-20-59-38(53)32(41-29(5)47)10-7-16-43(55)34(49)22-25/h22-24,31-33,55-57H,7-21H2,1-6H3,(H,40,46)(H,41,47)(H,42,48)/b25-22-,26-24-,27-23-/t31-,32-,33+/m0/s1. The second-order valence-electron chi connectivity index (χ2n) is 14.3. The summed E-state index contributed by atoms with van der Waals surface area (Å²) < 4.78 is 15.9. The number of hydrogen-bond donors (Lipinski definition) is 6. The molecule has 1 aliphatic heterocycles. The second kappa shape index (κ2) is 27.9. The zero-order valence-electron chi connectivity index (χ0n) is 35.2. The molecule has 0 aromatic heterocycles. The lowest BCUT2D eigenvalue weighted by Crippen LogP contribution is -2.41. The Balaban J connectivity index is 3.15. The summed E-state index contributed by atoms with van der Waals surface area (Å²) in [5.41, 5.74) is 1.32. The van der Waals surface area contributed by atoms with Gasteiger partial charge in [-0.05, 0) is 59.3 Å². The van der Waals surface area contributed by atoms with Crippen LogP contribution in [0.5, 0.6) is 0 Å². The molecule has 336 valence electrons. The number of amides is 6. The highest BCUT2D eigenvalue weighted by Gasteiger charge is 2.25. The summed E-state index contributed by atoms with van der Waals surface area (Å²) in [5.74, 6) is -6.32. The van der Waals surface area contributed by atoms with Crippen LogP contribution >= 0.6 is 0 Å². The fourth-order valence-electron chi connectivity index (χ4n) is 5.46. The molecule has 0 radical (unpaired) electrons. The van der Waals surface area contributed by atoms with Gasteiger partial charge in [0, 0.05) is 77.9 Å². The summed E-state index contributed by atoms with van der Waals surface area (Å²) in [5, 5.41) is 39.6. The average molecular weight is 853 g/mol. The minimum absolute atomic E-state index is 0.00642. The number of hydrogen-bond acceptors (Lipinski definition) is 15. The molecule has 21 heteroatoms. The van der Waals surface area contributed by atoms with Crippen LogP contribution in [0.3, 0.4) is 0 Å². The number of cyclic esters (lactones) is 3. The normalized spacial score (nSPS) is 24.9. The van der Waals surface area contributed by atoms with E-state index in [1.54, 1.807) is 20.8 Å². The number of esters is 3. The van der Waals surface area contributed by atoms with E-state index in [2.05, 4.69) is 16.0 Å². The fourth-order valence-corrected chi connectivity index (χ4v) is 5.46.